The van der Waals surface area contributed by atoms with Crippen molar-refractivity contribution in [3.8, 4) is 11.6 Å². The Balaban J connectivity index is 2.13. The Labute approximate surface area is 107 Å². The summed E-state index contributed by atoms with van der Waals surface area (Å²) in [6, 6.07) is 11.5. The average molecular weight is 243 g/mol. The van der Waals surface area contributed by atoms with Gasteiger partial charge in [-0.3, -0.25) is 0 Å². The largest absolute Gasteiger partial charge is 0.439 e. The zero-order valence-electron chi connectivity index (χ0n) is 10.6. The highest BCUT2D eigenvalue weighted by molar-refractivity contribution is 5.32. The number of nitrogens with zero attached hydrogens (tertiary/aromatic N) is 1. The molecule has 0 aliphatic heterocycles. The lowest BCUT2D eigenvalue weighted by Gasteiger charge is -2.08. The van der Waals surface area contributed by atoms with Gasteiger partial charge < -0.3 is 9.84 Å². The molecule has 1 aromatic carbocycles. The minimum absolute atomic E-state index is 0.00876. The minimum Gasteiger partial charge on any atom is -0.439 e. The molecule has 0 aliphatic rings. The molecule has 1 N–H and O–H groups in total. The van der Waals surface area contributed by atoms with Crippen molar-refractivity contribution in [3.05, 3.63) is 53.7 Å². The third-order valence-corrected chi connectivity index (χ3v) is 2.75. The monoisotopic (exact) mass is 243 g/mol. The van der Waals surface area contributed by atoms with Gasteiger partial charge in [-0.15, -0.1) is 0 Å². The first-order valence-corrected chi connectivity index (χ1v) is 6.02. The van der Waals surface area contributed by atoms with Crippen LogP contribution in [-0.4, -0.2) is 10.1 Å². The molecule has 2 aromatic rings. The predicted octanol–water partition coefficient (Wildman–Crippen LogP) is 3.49. The first kappa shape index (κ1) is 12.6. The summed E-state index contributed by atoms with van der Waals surface area (Å²) >= 11 is 0. The molecule has 0 bridgehead atoms. The number of aliphatic hydroxyl groups excluding tert-OH is 1. The van der Waals surface area contributed by atoms with Crippen LogP contribution in [0.3, 0.4) is 0 Å². The second-order valence-electron chi connectivity index (χ2n) is 4.49. The van der Waals surface area contributed by atoms with Gasteiger partial charge in [0, 0.05) is 12.3 Å². The highest BCUT2D eigenvalue weighted by Crippen LogP contribution is 2.23. The number of ether oxygens (including phenoxy) is 1. The molecule has 2 rings (SSSR count). The molecule has 1 heterocycles. The Morgan fingerprint density at radius 3 is 2.50 bits per heavy atom. The Morgan fingerprint density at radius 2 is 1.89 bits per heavy atom. The highest BCUT2D eigenvalue weighted by Gasteiger charge is 2.02. The van der Waals surface area contributed by atoms with Crippen molar-refractivity contribution in [2.24, 2.45) is 0 Å². The minimum atomic E-state index is -0.00876. The molecule has 0 unspecified atom stereocenters. The fraction of sp³-hybridized carbons (Fsp3) is 0.267. The van der Waals surface area contributed by atoms with Gasteiger partial charge in [-0.1, -0.05) is 26.0 Å². The van der Waals surface area contributed by atoms with Crippen LogP contribution in [0.1, 0.15) is 30.9 Å². The summed E-state index contributed by atoms with van der Waals surface area (Å²) in [5.74, 6) is 1.76. The van der Waals surface area contributed by atoms with Crippen molar-refractivity contribution in [2.75, 3.05) is 0 Å². The van der Waals surface area contributed by atoms with Crippen LogP contribution in [0.4, 0.5) is 0 Å². The normalized spacial score (nSPS) is 10.7. The van der Waals surface area contributed by atoms with Gasteiger partial charge in [-0.05, 0) is 35.2 Å². The van der Waals surface area contributed by atoms with Crippen LogP contribution in [0.5, 0.6) is 11.6 Å². The summed E-state index contributed by atoms with van der Waals surface area (Å²) in [6.07, 6.45) is 1.63. The summed E-state index contributed by atoms with van der Waals surface area (Å²) < 4.78 is 5.63. The van der Waals surface area contributed by atoms with Crippen LogP contribution < -0.4 is 4.74 Å². The molecule has 1 aromatic heterocycles. The SMILES string of the molecule is CC(C)c1ccc(Oc2cc(CO)ccn2)cc1. The second-order valence-corrected chi connectivity index (χ2v) is 4.49. The van der Waals surface area contributed by atoms with E-state index in [4.69, 9.17) is 9.84 Å². The summed E-state index contributed by atoms with van der Waals surface area (Å²) in [5.41, 5.74) is 2.07. The van der Waals surface area contributed by atoms with Gasteiger partial charge in [-0.2, -0.15) is 0 Å². The average Bonchev–Trinajstić information content (AvgIpc) is 2.39. The molecule has 0 radical (unpaired) electrons. The van der Waals surface area contributed by atoms with Crippen molar-refractivity contribution in [1.82, 2.24) is 4.98 Å². The second kappa shape index (κ2) is 5.65. The third kappa shape index (κ3) is 3.08. The van der Waals surface area contributed by atoms with Crippen LogP contribution in [0.25, 0.3) is 0 Å². The lowest BCUT2D eigenvalue weighted by Crippen LogP contribution is -1.91. The zero-order valence-corrected chi connectivity index (χ0v) is 10.6. The van der Waals surface area contributed by atoms with Crippen molar-refractivity contribution >= 4 is 0 Å². The first-order valence-electron chi connectivity index (χ1n) is 6.02. The van der Waals surface area contributed by atoms with Crippen molar-refractivity contribution in [3.63, 3.8) is 0 Å². The molecule has 0 saturated carbocycles. The van der Waals surface area contributed by atoms with Crippen LogP contribution in [0.15, 0.2) is 42.6 Å². The molecule has 0 spiro atoms. The quantitative estimate of drug-likeness (QED) is 0.893. The van der Waals surface area contributed by atoms with Gasteiger partial charge >= 0.3 is 0 Å². The zero-order chi connectivity index (χ0) is 13.0. The number of benzene rings is 1. The number of rotatable bonds is 4. The van der Waals surface area contributed by atoms with E-state index in [0.717, 1.165) is 11.3 Å². The van der Waals surface area contributed by atoms with Crippen LogP contribution in [-0.2, 0) is 6.61 Å². The van der Waals surface area contributed by atoms with E-state index in [9.17, 15) is 0 Å². The molecular weight excluding hydrogens is 226 g/mol. The van der Waals surface area contributed by atoms with E-state index >= 15 is 0 Å². The van der Waals surface area contributed by atoms with Crippen molar-refractivity contribution in [1.29, 1.82) is 0 Å². The predicted molar refractivity (Wildman–Crippen MR) is 70.8 cm³/mol. The number of pyridine rings is 1. The van der Waals surface area contributed by atoms with Crippen molar-refractivity contribution in [2.45, 2.75) is 26.4 Å². The topological polar surface area (TPSA) is 42.4 Å². The van der Waals surface area contributed by atoms with Gasteiger partial charge in [0.1, 0.15) is 5.75 Å². The van der Waals surface area contributed by atoms with E-state index in [-0.39, 0.29) is 6.61 Å². The molecule has 3 heteroatoms. The highest BCUT2D eigenvalue weighted by atomic mass is 16.5. The summed E-state index contributed by atoms with van der Waals surface area (Å²) in [4.78, 5) is 4.11. The number of hydrogen-bond donors (Lipinski definition) is 1. The maximum absolute atomic E-state index is 9.04. The van der Waals surface area contributed by atoms with Crippen LogP contribution in [0, 0.1) is 0 Å². The fourth-order valence-electron chi connectivity index (χ4n) is 1.65. The van der Waals surface area contributed by atoms with E-state index < -0.39 is 0 Å². The fourth-order valence-corrected chi connectivity index (χ4v) is 1.65. The van der Waals surface area contributed by atoms with Gasteiger partial charge in [0.2, 0.25) is 5.88 Å². The summed E-state index contributed by atoms with van der Waals surface area (Å²) in [7, 11) is 0. The van der Waals surface area contributed by atoms with Crippen molar-refractivity contribution < 1.29 is 9.84 Å². The molecule has 94 valence electrons. The molecule has 3 nitrogen and oxygen atoms in total. The first-order chi connectivity index (χ1) is 8.69. The molecular formula is C15H17NO2. The maximum Gasteiger partial charge on any atom is 0.219 e. The Bertz CT molecular complexity index is 506. The number of hydrogen-bond acceptors (Lipinski definition) is 3. The van der Waals surface area contributed by atoms with E-state index in [1.807, 2.05) is 12.1 Å². The maximum atomic E-state index is 9.04. The van der Waals surface area contributed by atoms with E-state index in [1.165, 1.54) is 5.56 Å². The summed E-state index contributed by atoms with van der Waals surface area (Å²) in [5, 5.41) is 9.04. The lowest BCUT2D eigenvalue weighted by atomic mass is 10.0. The van der Waals surface area contributed by atoms with E-state index in [2.05, 4.69) is 31.0 Å². The van der Waals surface area contributed by atoms with Gasteiger partial charge in [-0.25, -0.2) is 4.98 Å². The Morgan fingerprint density at radius 1 is 1.17 bits per heavy atom. The van der Waals surface area contributed by atoms with Gasteiger partial charge in [0.15, 0.2) is 0 Å². The van der Waals surface area contributed by atoms with Crippen LogP contribution in [0.2, 0.25) is 0 Å². The summed E-state index contributed by atoms with van der Waals surface area (Å²) in [6.45, 7) is 4.30. The lowest BCUT2D eigenvalue weighted by molar-refractivity contribution is 0.281. The number of aliphatic hydroxyl groups is 1. The molecule has 0 fully saturated rings. The molecule has 0 atom stereocenters. The van der Waals surface area contributed by atoms with E-state index in [0.29, 0.717) is 11.8 Å². The van der Waals surface area contributed by atoms with E-state index in [1.54, 1.807) is 18.3 Å². The molecule has 0 saturated heterocycles. The molecule has 18 heavy (non-hydrogen) atoms. The standard InChI is InChI=1S/C15H17NO2/c1-11(2)13-3-5-14(6-4-13)18-15-9-12(10-17)7-8-16-15/h3-9,11,17H,10H2,1-2H3. The Kier molecular flexibility index (Phi) is 3.95. The van der Waals surface area contributed by atoms with Gasteiger partial charge in [0.05, 0.1) is 6.61 Å². The Hall–Kier alpha value is -1.87. The van der Waals surface area contributed by atoms with Crippen LogP contribution >= 0.6 is 0 Å². The number of aromatic nitrogens is 1. The smallest absolute Gasteiger partial charge is 0.219 e. The molecule has 0 aliphatic carbocycles. The molecule has 0 amide bonds. The van der Waals surface area contributed by atoms with Gasteiger partial charge in [0.25, 0.3) is 0 Å². The third-order valence-electron chi connectivity index (χ3n) is 2.75.